The normalized spacial score (nSPS) is 19.4. The van der Waals surface area contributed by atoms with Crippen molar-refractivity contribution >= 4 is 11.6 Å². The second kappa shape index (κ2) is 12.3. The number of nitrogens with zero attached hydrogens (tertiary/aromatic N) is 2. The SMILES string of the molecule is CCCCCCCCCCC1CCC(c2ccc(-c3cnc(Cl)nc3)cc2)CC1. The third kappa shape index (κ3) is 7.41. The third-order valence-electron chi connectivity index (χ3n) is 6.65. The first-order valence-electron chi connectivity index (χ1n) is 11.8. The lowest BCUT2D eigenvalue weighted by molar-refractivity contribution is 0.302. The molecule has 0 spiro atoms. The first kappa shape index (κ1) is 22.3. The quantitative estimate of drug-likeness (QED) is 0.272. The van der Waals surface area contributed by atoms with E-state index in [0.29, 0.717) is 5.28 Å². The zero-order chi connectivity index (χ0) is 20.3. The van der Waals surface area contributed by atoms with Crippen LogP contribution in [0.1, 0.15) is 102 Å². The minimum atomic E-state index is 0.300. The predicted octanol–water partition coefficient (Wildman–Crippen LogP) is 8.60. The minimum absolute atomic E-state index is 0.300. The molecule has 0 saturated heterocycles. The molecule has 2 aromatic rings. The monoisotopic (exact) mass is 412 g/mol. The summed E-state index contributed by atoms with van der Waals surface area (Å²) in [4.78, 5) is 8.17. The molecule has 0 atom stereocenters. The van der Waals surface area contributed by atoms with Gasteiger partial charge in [0.25, 0.3) is 0 Å². The molecule has 1 aromatic carbocycles. The Morgan fingerprint density at radius 1 is 0.759 bits per heavy atom. The van der Waals surface area contributed by atoms with Gasteiger partial charge in [0.2, 0.25) is 5.28 Å². The van der Waals surface area contributed by atoms with Gasteiger partial charge in [0.1, 0.15) is 0 Å². The molecule has 29 heavy (non-hydrogen) atoms. The summed E-state index contributed by atoms with van der Waals surface area (Å²) in [6.07, 6.45) is 22.0. The fraction of sp³-hybridized carbons (Fsp3) is 0.615. The highest BCUT2D eigenvalue weighted by atomic mass is 35.5. The third-order valence-corrected chi connectivity index (χ3v) is 6.84. The number of unbranched alkanes of at least 4 members (excludes halogenated alkanes) is 7. The van der Waals surface area contributed by atoms with Crippen LogP contribution in [0.4, 0.5) is 0 Å². The van der Waals surface area contributed by atoms with Crippen LogP contribution in [-0.4, -0.2) is 9.97 Å². The molecule has 0 aliphatic heterocycles. The van der Waals surface area contributed by atoms with Crippen molar-refractivity contribution in [2.45, 2.75) is 96.3 Å². The summed E-state index contributed by atoms with van der Waals surface area (Å²) in [6.45, 7) is 2.29. The van der Waals surface area contributed by atoms with E-state index in [4.69, 9.17) is 11.6 Å². The van der Waals surface area contributed by atoms with Crippen LogP contribution >= 0.6 is 11.6 Å². The molecule has 0 bridgehead atoms. The van der Waals surface area contributed by atoms with Gasteiger partial charge in [-0.2, -0.15) is 0 Å². The van der Waals surface area contributed by atoms with E-state index in [2.05, 4.69) is 41.2 Å². The van der Waals surface area contributed by atoms with Gasteiger partial charge in [-0.1, -0.05) is 89.0 Å². The number of rotatable bonds is 11. The molecule has 1 aromatic heterocycles. The van der Waals surface area contributed by atoms with Crippen LogP contribution in [0, 0.1) is 5.92 Å². The van der Waals surface area contributed by atoms with Crippen molar-refractivity contribution in [2.75, 3.05) is 0 Å². The molecule has 3 heteroatoms. The number of benzene rings is 1. The summed E-state index contributed by atoms with van der Waals surface area (Å²) in [6, 6.07) is 9.00. The second-order valence-corrected chi connectivity index (χ2v) is 9.18. The second-order valence-electron chi connectivity index (χ2n) is 8.84. The maximum Gasteiger partial charge on any atom is 0.222 e. The molecule has 2 nitrogen and oxygen atoms in total. The van der Waals surface area contributed by atoms with Crippen LogP contribution in [0.5, 0.6) is 0 Å². The highest BCUT2D eigenvalue weighted by Crippen LogP contribution is 2.38. The Hall–Kier alpha value is -1.41. The van der Waals surface area contributed by atoms with Crippen molar-refractivity contribution < 1.29 is 0 Å². The standard InChI is InChI=1S/C26H37ClN2/c1-2-3-4-5-6-7-8-9-10-21-11-13-22(14-12-21)23-15-17-24(18-16-23)25-19-28-26(27)29-20-25/h15-22H,2-14H2,1H3. The molecule has 1 fully saturated rings. The predicted molar refractivity (Wildman–Crippen MR) is 124 cm³/mol. The summed E-state index contributed by atoms with van der Waals surface area (Å²) in [5, 5.41) is 0.300. The minimum Gasteiger partial charge on any atom is -0.226 e. The Morgan fingerprint density at radius 2 is 1.34 bits per heavy atom. The van der Waals surface area contributed by atoms with Gasteiger partial charge in [0, 0.05) is 18.0 Å². The maximum absolute atomic E-state index is 5.79. The van der Waals surface area contributed by atoms with Crippen molar-refractivity contribution in [3.8, 4) is 11.1 Å². The van der Waals surface area contributed by atoms with Crippen molar-refractivity contribution in [3.63, 3.8) is 0 Å². The van der Waals surface area contributed by atoms with Crippen LogP contribution in [-0.2, 0) is 0 Å². The van der Waals surface area contributed by atoms with Crippen molar-refractivity contribution in [1.29, 1.82) is 0 Å². The Labute approximate surface area is 182 Å². The van der Waals surface area contributed by atoms with Gasteiger partial charge in [-0.05, 0) is 60.2 Å². The lowest BCUT2D eigenvalue weighted by Crippen LogP contribution is -2.13. The number of hydrogen-bond acceptors (Lipinski definition) is 2. The molecule has 1 saturated carbocycles. The summed E-state index contributed by atoms with van der Waals surface area (Å²) in [5.41, 5.74) is 3.68. The number of aromatic nitrogens is 2. The van der Waals surface area contributed by atoms with Gasteiger partial charge in [-0.3, -0.25) is 0 Å². The average molecular weight is 413 g/mol. The average Bonchev–Trinajstić information content (AvgIpc) is 2.77. The van der Waals surface area contributed by atoms with Gasteiger partial charge in [0.15, 0.2) is 0 Å². The van der Waals surface area contributed by atoms with Gasteiger partial charge >= 0.3 is 0 Å². The number of halogens is 1. The van der Waals surface area contributed by atoms with E-state index in [1.807, 2.05) is 0 Å². The number of hydrogen-bond donors (Lipinski definition) is 0. The lowest BCUT2D eigenvalue weighted by Gasteiger charge is -2.29. The van der Waals surface area contributed by atoms with Crippen LogP contribution in [0.25, 0.3) is 11.1 Å². The van der Waals surface area contributed by atoms with Crippen LogP contribution < -0.4 is 0 Å². The summed E-state index contributed by atoms with van der Waals surface area (Å²) >= 11 is 5.79. The fourth-order valence-electron chi connectivity index (χ4n) is 4.76. The van der Waals surface area contributed by atoms with E-state index in [1.165, 1.54) is 89.0 Å². The van der Waals surface area contributed by atoms with Crippen molar-refractivity contribution in [1.82, 2.24) is 9.97 Å². The smallest absolute Gasteiger partial charge is 0.222 e. The van der Waals surface area contributed by atoms with E-state index in [-0.39, 0.29) is 0 Å². The van der Waals surface area contributed by atoms with Gasteiger partial charge < -0.3 is 0 Å². The van der Waals surface area contributed by atoms with Crippen LogP contribution in [0.2, 0.25) is 5.28 Å². The Bertz CT molecular complexity index is 688. The first-order chi connectivity index (χ1) is 14.3. The molecule has 3 rings (SSSR count). The molecule has 158 valence electrons. The van der Waals surface area contributed by atoms with E-state index < -0.39 is 0 Å². The van der Waals surface area contributed by atoms with Crippen molar-refractivity contribution in [2.24, 2.45) is 5.92 Å². The first-order valence-corrected chi connectivity index (χ1v) is 12.2. The van der Waals surface area contributed by atoms with Crippen LogP contribution in [0.15, 0.2) is 36.7 Å². The zero-order valence-electron chi connectivity index (χ0n) is 18.1. The zero-order valence-corrected chi connectivity index (χ0v) is 18.8. The van der Waals surface area contributed by atoms with E-state index in [9.17, 15) is 0 Å². The molecule has 0 unspecified atom stereocenters. The maximum atomic E-state index is 5.79. The van der Waals surface area contributed by atoms with Gasteiger partial charge in [-0.25, -0.2) is 9.97 Å². The molecule has 0 amide bonds. The van der Waals surface area contributed by atoms with E-state index >= 15 is 0 Å². The summed E-state index contributed by atoms with van der Waals surface area (Å²) < 4.78 is 0. The topological polar surface area (TPSA) is 25.8 Å². The van der Waals surface area contributed by atoms with Gasteiger partial charge in [0.05, 0.1) is 0 Å². The highest BCUT2D eigenvalue weighted by molar-refractivity contribution is 6.28. The fourth-order valence-corrected chi connectivity index (χ4v) is 4.86. The summed E-state index contributed by atoms with van der Waals surface area (Å²) in [5.74, 6) is 1.71. The molecular weight excluding hydrogens is 376 g/mol. The molecule has 1 aliphatic rings. The van der Waals surface area contributed by atoms with Crippen LogP contribution in [0.3, 0.4) is 0 Å². The van der Waals surface area contributed by atoms with Gasteiger partial charge in [-0.15, -0.1) is 0 Å². The van der Waals surface area contributed by atoms with E-state index in [1.54, 1.807) is 12.4 Å². The largest absolute Gasteiger partial charge is 0.226 e. The Kier molecular flexibility index (Phi) is 9.47. The van der Waals surface area contributed by atoms with Crippen molar-refractivity contribution in [3.05, 3.63) is 47.5 Å². The molecule has 0 radical (unpaired) electrons. The molecule has 1 heterocycles. The summed E-state index contributed by atoms with van der Waals surface area (Å²) in [7, 11) is 0. The Balaban J connectivity index is 1.34. The Morgan fingerprint density at radius 3 is 1.97 bits per heavy atom. The lowest BCUT2D eigenvalue weighted by atomic mass is 9.77. The molecular formula is C26H37ClN2. The molecule has 1 aliphatic carbocycles. The van der Waals surface area contributed by atoms with E-state index in [0.717, 1.165) is 23.0 Å². The highest BCUT2D eigenvalue weighted by Gasteiger charge is 2.22. The molecule has 0 N–H and O–H groups in total.